The van der Waals surface area contributed by atoms with Gasteiger partial charge < -0.3 is 5.32 Å². The van der Waals surface area contributed by atoms with Crippen LogP contribution in [0.15, 0.2) is 53.7 Å². The molecule has 0 aliphatic rings. The number of thioether (sulfide) groups is 1. The van der Waals surface area contributed by atoms with Crippen LogP contribution in [0.4, 0.5) is 0 Å². The monoisotopic (exact) mass is 407 g/mol. The number of benzene rings is 2. The van der Waals surface area contributed by atoms with Crippen LogP contribution in [0.5, 0.6) is 0 Å². The molecule has 0 aliphatic carbocycles. The molecule has 6 nitrogen and oxygen atoms in total. The summed E-state index contributed by atoms with van der Waals surface area (Å²) in [6.07, 6.45) is 0. The molecule has 1 heterocycles. The topological polar surface area (TPSA) is 72.7 Å². The van der Waals surface area contributed by atoms with Gasteiger partial charge >= 0.3 is 0 Å². The van der Waals surface area contributed by atoms with Gasteiger partial charge in [0.1, 0.15) is 0 Å². The van der Waals surface area contributed by atoms with Crippen LogP contribution in [0.25, 0.3) is 5.69 Å². The molecule has 0 unspecified atom stereocenters. The fourth-order valence-corrected chi connectivity index (χ4v) is 3.29. The first kappa shape index (κ1) is 18.7. The lowest BCUT2D eigenvalue weighted by atomic mass is 10.1. The third-order valence-corrected chi connectivity index (χ3v) is 5.25. The summed E-state index contributed by atoms with van der Waals surface area (Å²) in [4.78, 5) is 12.3. The van der Waals surface area contributed by atoms with Crippen molar-refractivity contribution in [3.8, 4) is 5.69 Å². The Balaban J connectivity index is 1.60. The van der Waals surface area contributed by atoms with Crippen LogP contribution in [0, 0.1) is 0 Å². The molecule has 1 amide bonds. The lowest BCUT2D eigenvalue weighted by Gasteiger charge is -2.14. The van der Waals surface area contributed by atoms with Gasteiger partial charge in [-0.3, -0.25) is 4.79 Å². The zero-order chi connectivity index (χ0) is 18.5. The molecule has 26 heavy (non-hydrogen) atoms. The average molecular weight is 408 g/mol. The summed E-state index contributed by atoms with van der Waals surface area (Å²) in [5.74, 6) is 0.0648. The van der Waals surface area contributed by atoms with Crippen molar-refractivity contribution in [1.82, 2.24) is 25.5 Å². The van der Waals surface area contributed by atoms with Crippen molar-refractivity contribution in [2.24, 2.45) is 0 Å². The van der Waals surface area contributed by atoms with E-state index in [1.165, 1.54) is 11.8 Å². The standard InChI is InChI=1S/C17H15Cl2N5OS/c1-11(12-7-8-14(18)15(19)9-12)20-16(25)10-26-17-21-22-23-24(17)13-5-3-2-4-6-13/h2-9,11H,10H2,1H3,(H,20,25)/t11-/m0/s1. The molecule has 3 rings (SSSR count). The molecule has 3 aromatic rings. The number of hydrogen-bond donors (Lipinski definition) is 1. The summed E-state index contributed by atoms with van der Waals surface area (Å²) in [5, 5.41) is 16.0. The number of aromatic nitrogens is 4. The SMILES string of the molecule is C[C@H](NC(=O)CSc1nnnn1-c1ccccc1)c1ccc(Cl)c(Cl)c1. The van der Waals surface area contributed by atoms with E-state index in [1.807, 2.05) is 43.3 Å². The van der Waals surface area contributed by atoms with Gasteiger partial charge in [0.2, 0.25) is 11.1 Å². The second-order valence-electron chi connectivity index (χ2n) is 5.46. The van der Waals surface area contributed by atoms with Gasteiger partial charge in [-0.15, -0.1) is 5.10 Å². The van der Waals surface area contributed by atoms with E-state index >= 15 is 0 Å². The summed E-state index contributed by atoms with van der Waals surface area (Å²) in [7, 11) is 0. The molecule has 0 saturated carbocycles. The number of halogens is 2. The number of carbonyl (C=O) groups excluding carboxylic acids is 1. The Hall–Kier alpha value is -2.09. The van der Waals surface area contributed by atoms with Crippen LogP contribution in [0.3, 0.4) is 0 Å². The highest BCUT2D eigenvalue weighted by Crippen LogP contribution is 2.25. The van der Waals surface area contributed by atoms with Gasteiger partial charge in [0.05, 0.1) is 27.5 Å². The van der Waals surface area contributed by atoms with E-state index in [0.717, 1.165) is 11.3 Å². The van der Waals surface area contributed by atoms with Crippen molar-refractivity contribution in [2.45, 2.75) is 18.1 Å². The van der Waals surface area contributed by atoms with E-state index in [9.17, 15) is 4.79 Å². The van der Waals surface area contributed by atoms with Gasteiger partial charge in [-0.05, 0) is 47.2 Å². The first-order chi connectivity index (χ1) is 12.5. The molecular weight excluding hydrogens is 393 g/mol. The molecule has 2 aromatic carbocycles. The molecule has 9 heteroatoms. The van der Waals surface area contributed by atoms with Crippen LogP contribution >= 0.6 is 35.0 Å². The lowest BCUT2D eigenvalue weighted by molar-refractivity contribution is -0.119. The fourth-order valence-electron chi connectivity index (χ4n) is 2.28. The first-order valence-electron chi connectivity index (χ1n) is 7.75. The normalized spacial score (nSPS) is 12.0. The average Bonchev–Trinajstić information content (AvgIpc) is 3.11. The highest BCUT2D eigenvalue weighted by atomic mass is 35.5. The van der Waals surface area contributed by atoms with Crippen molar-refractivity contribution >= 4 is 40.9 Å². The second-order valence-corrected chi connectivity index (χ2v) is 7.22. The summed E-state index contributed by atoms with van der Waals surface area (Å²) in [6.45, 7) is 1.89. The molecule has 1 aromatic heterocycles. The van der Waals surface area contributed by atoms with Gasteiger partial charge in [-0.1, -0.05) is 59.2 Å². The third kappa shape index (κ3) is 4.55. The summed E-state index contributed by atoms with van der Waals surface area (Å²) >= 11 is 13.2. The maximum Gasteiger partial charge on any atom is 0.230 e. The number of nitrogens with one attached hydrogen (secondary N) is 1. The Morgan fingerprint density at radius 2 is 1.96 bits per heavy atom. The van der Waals surface area contributed by atoms with Gasteiger partial charge in [0.15, 0.2) is 0 Å². The maximum atomic E-state index is 12.3. The highest BCUT2D eigenvalue weighted by Gasteiger charge is 2.14. The van der Waals surface area contributed by atoms with Crippen LogP contribution in [-0.4, -0.2) is 31.9 Å². The van der Waals surface area contributed by atoms with Gasteiger partial charge in [-0.25, -0.2) is 0 Å². The van der Waals surface area contributed by atoms with Crippen LogP contribution in [0.1, 0.15) is 18.5 Å². The minimum Gasteiger partial charge on any atom is -0.349 e. The number of amides is 1. The Kier molecular flexibility index (Phi) is 6.13. The molecule has 0 radical (unpaired) electrons. The van der Waals surface area contributed by atoms with Gasteiger partial charge in [0, 0.05) is 0 Å². The first-order valence-corrected chi connectivity index (χ1v) is 9.49. The highest BCUT2D eigenvalue weighted by molar-refractivity contribution is 7.99. The number of nitrogens with zero attached hydrogens (tertiary/aromatic N) is 4. The van der Waals surface area contributed by atoms with Crippen molar-refractivity contribution in [1.29, 1.82) is 0 Å². The van der Waals surface area contributed by atoms with E-state index in [0.29, 0.717) is 15.2 Å². The van der Waals surface area contributed by atoms with Gasteiger partial charge in [-0.2, -0.15) is 4.68 Å². The number of hydrogen-bond acceptors (Lipinski definition) is 5. The van der Waals surface area contributed by atoms with E-state index in [1.54, 1.807) is 16.8 Å². The largest absolute Gasteiger partial charge is 0.349 e. The van der Waals surface area contributed by atoms with E-state index in [2.05, 4.69) is 20.8 Å². The molecule has 0 fully saturated rings. The Labute approximate surface area is 164 Å². The maximum absolute atomic E-state index is 12.3. The zero-order valence-corrected chi connectivity index (χ0v) is 16.1. The second kappa shape index (κ2) is 8.53. The Morgan fingerprint density at radius 1 is 1.19 bits per heavy atom. The quantitative estimate of drug-likeness (QED) is 0.626. The lowest BCUT2D eigenvalue weighted by Crippen LogP contribution is -2.28. The molecule has 134 valence electrons. The number of carbonyl (C=O) groups is 1. The predicted octanol–water partition coefficient (Wildman–Crippen LogP) is 3.94. The van der Waals surface area contributed by atoms with E-state index < -0.39 is 0 Å². The van der Waals surface area contributed by atoms with Crippen molar-refractivity contribution in [3.05, 3.63) is 64.1 Å². The smallest absolute Gasteiger partial charge is 0.230 e. The minimum atomic E-state index is -0.192. The molecular formula is C17H15Cl2N5OS. The summed E-state index contributed by atoms with van der Waals surface area (Å²) in [5.41, 5.74) is 1.72. The van der Waals surface area contributed by atoms with Crippen LogP contribution in [0.2, 0.25) is 10.0 Å². The summed E-state index contributed by atoms with van der Waals surface area (Å²) in [6, 6.07) is 14.6. The van der Waals surface area contributed by atoms with Crippen LogP contribution in [-0.2, 0) is 4.79 Å². The molecule has 0 spiro atoms. The Morgan fingerprint density at radius 3 is 2.69 bits per heavy atom. The number of para-hydroxylation sites is 1. The molecule has 0 saturated heterocycles. The van der Waals surface area contributed by atoms with Crippen molar-refractivity contribution < 1.29 is 4.79 Å². The van der Waals surface area contributed by atoms with Gasteiger partial charge in [0.25, 0.3) is 0 Å². The minimum absolute atomic E-state index is 0.129. The molecule has 0 aliphatic heterocycles. The number of rotatable bonds is 6. The van der Waals surface area contributed by atoms with E-state index in [-0.39, 0.29) is 17.7 Å². The van der Waals surface area contributed by atoms with E-state index in [4.69, 9.17) is 23.2 Å². The molecule has 1 atom stereocenters. The predicted molar refractivity (Wildman–Crippen MR) is 103 cm³/mol. The zero-order valence-electron chi connectivity index (χ0n) is 13.8. The van der Waals surface area contributed by atoms with Crippen molar-refractivity contribution in [3.63, 3.8) is 0 Å². The molecule has 0 bridgehead atoms. The van der Waals surface area contributed by atoms with Crippen LogP contribution < -0.4 is 5.32 Å². The fraction of sp³-hybridized carbons (Fsp3) is 0.176. The summed E-state index contributed by atoms with van der Waals surface area (Å²) < 4.78 is 1.60. The Bertz CT molecular complexity index is 903. The third-order valence-electron chi connectivity index (χ3n) is 3.60. The molecule has 1 N–H and O–H groups in total. The van der Waals surface area contributed by atoms with Crippen molar-refractivity contribution in [2.75, 3.05) is 5.75 Å². The number of tetrazole rings is 1.